The molecule has 2 aliphatic rings. The predicted octanol–water partition coefficient (Wildman–Crippen LogP) is 2.53. The van der Waals surface area contributed by atoms with Gasteiger partial charge >= 0.3 is 5.97 Å². The third-order valence-corrected chi connectivity index (χ3v) is 4.96. The van der Waals surface area contributed by atoms with Crippen molar-refractivity contribution in [1.82, 2.24) is 10.2 Å². The second-order valence-electron chi connectivity index (χ2n) is 6.70. The number of carbonyl (C=O) groups excluding carboxylic acids is 1. The van der Waals surface area contributed by atoms with Crippen LogP contribution in [0.5, 0.6) is 0 Å². The van der Waals surface area contributed by atoms with Crippen LogP contribution in [0.4, 0.5) is 4.39 Å². The third kappa shape index (κ3) is 4.11. The Morgan fingerprint density at radius 2 is 2.24 bits per heavy atom. The number of likely N-dealkylation sites (tertiary alicyclic amines) is 1. The molecular weight excluding hydrogens is 321 g/mol. The van der Waals surface area contributed by atoms with E-state index in [0.717, 1.165) is 37.3 Å². The molecule has 0 aromatic heterocycles. The Morgan fingerprint density at radius 3 is 2.96 bits per heavy atom. The molecule has 3 atom stereocenters. The van der Waals surface area contributed by atoms with Crippen molar-refractivity contribution >= 4 is 11.9 Å². The van der Waals surface area contributed by atoms with Gasteiger partial charge in [-0.25, -0.2) is 4.39 Å². The number of benzene rings is 1. The molecule has 1 heterocycles. The first kappa shape index (κ1) is 17.7. The molecule has 1 N–H and O–H groups in total. The lowest BCUT2D eigenvalue weighted by atomic mass is 9.98. The van der Waals surface area contributed by atoms with E-state index >= 15 is 0 Å². The smallest absolute Gasteiger partial charge is 0.310 e. The molecule has 1 aromatic rings. The molecule has 6 heteroatoms. The SMILES string of the molecule is CCOC(=O)C1CCCN(C(=NC)NC2CC2c2ccccc2F)C1. The zero-order chi connectivity index (χ0) is 17.8. The molecule has 25 heavy (non-hydrogen) atoms. The normalized spacial score (nSPS) is 26.3. The first-order valence-electron chi connectivity index (χ1n) is 9.03. The fourth-order valence-electron chi connectivity index (χ4n) is 3.56. The van der Waals surface area contributed by atoms with E-state index in [0.29, 0.717) is 13.2 Å². The Labute approximate surface area is 148 Å². The minimum absolute atomic E-state index is 0.103. The van der Waals surface area contributed by atoms with Crippen LogP contribution in [-0.2, 0) is 9.53 Å². The molecule has 2 fully saturated rings. The number of aliphatic imine (C=N–C) groups is 1. The largest absolute Gasteiger partial charge is 0.466 e. The molecular formula is C19H26FN3O2. The van der Waals surface area contributed by atoms with Gasteiger partial charge in [-0.1, -0.05) is 18.2 Å². The quantitative estimate of drug-likeness (QED) is 0.517. The van der Waals surface area contributed by atoms with Crippen LogP contribution < -0.4 is 5.32 Å². The summed E-state index contributed by atoms with van der Waals surface area (Å²) >= 11 is 0. The van der Waals surface area contributed by atoms with Gasteiger partial charge in [0.2, 0.25) is 0 Å². The Kier molecular flexibility index (Phi) is 5.56. The van der Waals surface area contributed by atoms with Gasteiger partial charge in [0, 0.05) is 32.1 Å². The molecule has 1 aromatic carbocycles. The van der Waals surface area contributed by atoms with Crippen molar-refractivity contribution in [2.45, 2.75) is 38.1 Å². The van der Waals surface area contributed by atoms with Gasteiger partial charge in [-0.3, -0.25) is 9.79 Å². The van der Waals surface area contributed by atoms with Crippen molar-refractivity contribution in [3.63, 3.8) is 0 Å². The summed E-state index contributed by atoms with van der Waals surface area (Å²) in [7, 11) is 1.75. The van der Waals surface area contributed by atoms with Crippen molar-refractivity contribution in [3.8, 4) is 0 Å². The summed E-state index contributed by atoms with van der Waals surface area (Å²) in [5.41, 5.74) is 0.762. The van der Waals surface area contributed by atoms with Crippen LogP contribution in [0.3, 0.4) is 0 Å². The summed E-state index contributed by atoms with van der Waals surface area (Å²) in [6.45, 7) is 3.73. The number of nitrogens with one attached hydrogen (secondary N) is 1. The van der Waals surface area contributed by atoms with Gasteiger partial charge < -0.3 is 15.0 Å². The molecule has 1 aliphatic heterocycles. The number of guanidine groups is 1. The molecule has 3 rings (SSSR count). The van der Waals surface area contributed by atoms with Crippen LogP contribution in [0.1, 0.15) is 37.7 Å². The van der Waals surface area contributed by atoms with Crippen molar-refractivity contribution in [2.24, 2.45) is 10.9 Å². The summed E-state index contributed by atoms with van der Waals surface area (Å²) in [6, 6.07) is 7.14. The minimum Gasteiger partial charge on any atom is -0.466 e. The number of ether oxygens (including phenoxy) is 1. The van der Waals surface area contributed by atoms with Gasteiger partial charge in [-0.05, 0) is 37.8 Å². The molecule has 1 aliphatic carbocycles. The molecule has 0 amide bonds. The predicted molar refractivity (Wildman–Crippen MR) is 95.0 cm³/mol. The third-order valence-electron chi connectivity index (χ3n) is 4.96. The van der Waals surface area contributed by atoms with Gasteiger partial charge in [-0.15, -0.1) is 0 Å². The Hall–Kier alpha value is -2.11. The molecule has 5 nitrogen and oxygen atoms in total. The van der Waals surface area contributed by atoms with E-state index in [1.165, 1.54) is 6.07 Å². The maximum atomic E-state index is 13.9. The molecule has 0 spiro atoms. The van der Waals surface area contributed by atoms with Crippen molar-refractivity contribution in [2.75, 3.05) is 26.7 Å². The highest BCUT2D eigenvalue weighted by atomic mass is 19.1. The standard InChI is InChI=1S/C19H26FN3O2/c1-3-25-18(24)13-7-6-10-23(12-13)19(21-2)22-17-11-15(17)14-8-4-5-9-16(14)20/h4-5,8-9,13,15,17H,3,6-7,10-12H2,1-2H3,(H,21,22). The summed E-state index contributed by atoms with van der Waals surface area (Å²) < 4.78 is 19.1. The number of hydrogen-bond acceptors (Lipinski definition) is 3. The zero-order valence-electron chi connectivity index (χ0n) is 14.9. The molecule has 136 valence electrons. The Bertz CT molecular complexity index is 649. The summed E-state index contributed by atoms with van der Waals surface area (Å²) in [6.07, 6.45) is 2.69. The monoisotopic (exact) mass is 347 g/mol. The van der Waals surface area contributed by atoms with E-state index in [1.54, 1.807) is 13.1 Å². The Morgan fingerprint density at radius 1 is 1.44 bits per heavy atom. The van der Waals surface area contributed by atoms with Gasteiger partial charge in [0.05, 0.1) is 12.5 Å². The van der Waals surface area contributed by atoms with E-state index < -0.39 is 0 Å². The first-order valence-corrected chi connectivity index (χ1v) is 9.03. The highest BCUT2D eigenvalue weighted by Gasteiger charge is 2.41. The van der Waals surface area contributed by atoms with Gasteiger partial charge in [0.15, 0.2) is 5.96 Å². The number of rotatable bonds is 4. The maximum absolute atomic E-state index is 13.9. The van der Waals surface area contributed by atoms with E-state index in [-0.39, 0.29) is 29.7 Å². The lowest BCUT2D eigenvalue weighted by Gasteiger charge is -2.34. The topological polar surface area (TPSA) is 53.9 Å². The van der Waals surface area contributed by atoms with Crippen LogP contribution in [-0.4, -0.2) is 49.6 Å². The first-order chi connectivity index (χ1) is 12.1. The van der Waals surface area contributed by atoms with Crippen LogP contribution >= 0.6 is 0 Å². The number of hydrogen-bond donors (Lipinski definition) is 1. The number of piperidine rings is 1. The minimum atomic E-state index is -0.146. The van der Waals surface area contributed by atoms with Gasteiger partial charge in [0.1, 0.15) is 5.82 Å². The highest BCUT2D eigenvalue weighted by molar-refractivity contribution is 5.82. The molecule has 1 saturated heterocycles. The average molecular weight is 347 g/mol. The van der Waals surface area contributed by atoms with Crippen LogP contribution in [0.2, 0.25) is 0 Å². The summed E-state index contributed by atoms with van der Waals surface area (Å²) in [4.78, 5) is 18.5. The number of esters is 1. The molecule has 0 radical (unpaired) electrons. The van der Waals surface area contributed by atoms with Gasteiger partial charge in [-0.2, -0.15) is 0 Å². The van der Waals surface area contributed by atoms with Crippen molar-refractivity contribution < 1.29 is 13.9 Å². The van der Waals surface area contributed by atoms with Crippen molar-refractivity contribution in [1.29, 1.82) is 0 Å². The second-order valence-corrected chi connectivity index (χ2v) is 6.70. The second kappa shape index (κ2) is 7.85. The fraction of sp³-hybridized carbons (Fsp3) is 0.579. The summed E-state index contributed by atoms with van der Waals surface area (Å²) in [5, 5.41) is 3.43. The molecule has 3 unspecified atom stereocenters. The van der Waals surface area contributed by atoms with Crippen LogP contribution in [0, 0.1) is 11.7 Å². The lowest BCUT2D eigenvalue weighted by Crippen LogP contribution is -2.49. The highest BCUT2D eigenvalue weighted by Crippen LogP contribution is 2.42. The van der Waals surface area contributed by atoms with E-state index in [2.05, 4.69) is 15.2 Å². The zero-order valence-corrected chi connectivity index (χ0v) is 14.9. The average Bonchev–Trinajstić information content (AvgIpc) is 3.39. The summed E-state index contributed by atoms with van der Waals surface area (Å²) in [5.74, 6) is 0.598. The van der Waals surface area contributed by atoms with E-state index in [4.69, 9.17) is 4.74 Å². The maximum Gasteiger partial charge on any atom is 0.310 e. The fourth-order valence-corrected chi connectivity index (χ4v) is 3.56. The van der Waals surface area contributed by atoms with E-state index in [1.807, 2.05) is 19.1 Å². The number of carbonyl (C=O) groups is 1. The molecule has 1 saturated carbocycles. The van der Waals surface area contributed by atoms with E-state index in [9.17, 15) is 9.18 Å². The number of halogens is 1. The number of nitrogens with zero attached hydrogens (tertiary/aromatic N) is 2. The van der Waals surface area contributed by atoms with Crippen molar-refractivity contribution in [3.05, 3.63) is 35.6 Å². The van der Waals surface area contributed by atoms with Crippen LogP contribution in [0.25, 0.3) is 0 Å². The molecule has 0 bridgehead atoms. The van der Waals surface area contributed by atoms with Crippen LogP contribution in [0.15, 0.2) is 29.3 Å². The Balaban J connectivity index is 1.58. The van der Waals surface area contributed by atoms with Gasteiger partial charge in [0.25, 0.3) is 0 Å². The lowest BCUT2D eigenvalue weighted by molar-refractivity contribution is -0.149.